The highest BCUT2D eigenvalue weighted by atomic mass is 79.9. The highest BCUT2D eigenvalue weighted by Gasteiger charge is 2.45. The minimum Gasteiger partial charge on any atom is -0.391 e. The lowest BCUT2D eigenvalue weighted by molar-refractivity contribution is -0.142. The number of thiazole rings is 1. The van der Waals surface area contributed by atoms with Crippen molar-refractivity contribution in [1.29, 1.82) is 0 Å². The van der Waals surface area contributed by atoms with Crippen LogP contribution in [0.3, 0.4) is 0 Å². The Hall–Kier alpha value is -4.53. The van der Waals surface area contributed by atoms with Gasteiger partial charge in [0, 0.05) is 50.9 Å². The maximum atomic E-state index is 14.5. The van der Waals surface area contributed by atoms with Crippen LogP contribution in [-0.2, 0) is 26.2 Å². The number of fused-ring (bicyclic) bond motifs is 1. The van der Waals surface area contributed by atoms with Gasteiger partial charge in [0.2, 0.25) is 27.8 Å². The van der Waals surface area contributed by atoms with Crippen molar-refractivity contribution in [2.24, 2.45) is 5.41 Å². The van der Waals surface area contributed by atoms with Crippen molar-refractivity contribution in [2.75, 3.05) is 30.3 Å². The van der Waals surface area contributed by atoms with E-state index in [0.29, 0.717) is 92.1 Å². The summed E-state index contributed by atoms with van der Waals surface area (Å²) in [5, 5.41) is 26.5. The van der Waals surface area contributed by atoms with Gasteiger partial charge in [-0.05, 0) is 96.5 Å². The average molecular weight is 1010 g/mol. The van der Waals surface area contributed by atoms with Gasteiger partial charge in [-0.3, -0.25) is 14.4 Å². The maximum absolute atomic E-state index is 14.5. The van der Waals surface area contributed by atoms with Crippen molar-refractivity contribution in [3.8, 4) is 10.4 Å². The van der Waals surface area contributed by atoms with Gasteiger partial charge >= 0.3 is 0 Å². The number of nitrogens with zero attached hydrogens (tertiary/aromatic N) is 5. The number of likely N-dealkylation sites (tertiary alicyclic amines) is 1. The molecule has 8 rings (SSSR count). The zero-order valence-corrected chi connectivity index (χ0v) is 41.4. The molecule has 0 spiro atoms. The number of aliphatic hydroxyl groups excluding tert-OH is 1. The molecule has 3 fully saturated rings. The first kappa shape index (κ1) is 47.9. The first-order valence-corrected chi connectivity index (χ1v) is 26.1. The van der Waals surface area contributed by atoms with Crippen LogP contribution >= 0.6 is 27.3 Å². The molecule has 6 atom stereocenters. The number of β-amino-alcohol motifs (C(OH)–C–C–N with tert-alkyl or cyclic N) is 1. The predicted octanol–water partition coefficient (Wildman–Crippen LogP) is 6.41. The molecule has 3 amide bonds. The molecular formula is C47H61BrN10O6S2. The van der Waals surface area contributed by atoms with E-state index in [1.54, 1.807) is 21.8 Å². The second-order valence-electron chi connectivity index (χ2n) is 19.2. The zero-order chi connectivity index (χ0) is 46.9. The van der Waals surface area contributed by atoms with Crippen molar-refractivity contribution in [1.82, 2.24) is 40.1 Å². The van der Waals surface area contributed by atoms with Crippen LogP contribution in [0.2, 0.25) is 0 Å². The SMILES string of the molecule is Cc1ncsc1-c1ccc([C@H](C)NC(=O)C2C[C@@H](O)CN2C(=O)[C@@H](NC2CCCC(S(=O)(=O)N3CCC(Nc4ncc(Br)c(Nc5cccc6c5C(=O)NC6)n4)CC3)CC2)C(C)(C)C)cc1. The van der Waals surface area contributed by atoms with Crippen molar-refractivity contribution < 1.29 is 27.9 Å². The third-order valence-electron chi connectivity index (χ3n) is 13.5. The summed E-state index contributed by atoms with van der Waals surface area (Å²) in [5.74, 6) is 0.229. The standard InChI is InChI=1S/C47H61BrN10O6S2/c1-27(29-12-14-30(15-13-29)40-28(2)51-26-65-40)52-43(60)38-22-34(59)25-58(38)45(62)41(47(3,4)5)53-32-9-7-10-35(17-16-32)66(63,64)57-20-18-33(19-21-57)54-46-50-24-36(48)42(56-46)55-37-11-6-8-31-23-49-44(61)39(31)37/h6,8,11-15,24,26-27,32-35,38,41,53,59H,7,9-10,16-23,25H2,1-5H3,(H,49,61)(H,52,60)(H2,50,54,55,56)/t27-,32?,34+,35?,38?,41+/m0/s1. The smallest absolute Gasteiger partial charge is 0.254 e. The molecule has 3 aliphatic heterocycles. The second kappa shape index (κ2) is 20.0. The second-order valence-corrected chi connectivity index (χ2v) is 23.1. The van der Waals surface area contributed by atoms with Crippen LogP contribution in [0, 0.1) is 12.3 Å². The number of aromatic nitrogens is 3. The summed E-state index contributed by atoms with van der Waals surface area (Å²) >= 11 is 5.11. The Kier molecular flexibility index (Phi) is 14.5. The number of aliphatic hydroxyl groups is 1. The van der Waals surface area contributed by atoms with E-state index < -0.39 is 38.9 Å². The summed E-state index contributed by atoms with van der Waals surface area (Å²) in [6.07, 6.45) is 5.13. The Morgan fingerprint density at radius 1 is 1.00 bits per heavy atom. The van der Waals surface area contributed by atoms with Gasteiger partial charge in [0.25, 0.3) is 5.91 Å². The van der Waals surface area contributed by atoms with Gasteiger partial charge in [-0.1, -0.05) is 63.6 Å². The molecule has 19 heteroatoms. The van der Waals surface area contributed by atoms with E-state index in [1.165, 1.54) is 4.90 Å². The fourth-order valence-corrected chi connectivity index (χ4v) is 12.9. The molecule has 3 unspecified atom stereocenters. The Morgan fingerprint density at radius 3 is 2.47 bits per heavy atom. The van der Waals surface area contributed by atoms with E-state index in [0.717, 1.165) is 27.3 Å². The third kappa shape index (κ3) is 10.6. The minimum atomic E-state index is -3.59. The molecule has 16 nitrogen and oxygen atoms in total. The van der Waals surface area contributed by atoms with Crippen molar-refractivity contribution in [3.05, 3.63) is 81.0 Å². The lowest BCUT2D eigenvalue weighted by atomic mass is 9.84. The van der Waals surface area contributed by atoms with Crippen molar-refractivity contribution in [3.63, 3.8) is 0 Å². The Bertz CT molecular complexity index is 2530. The van der Waals surface area contributed by atoms with E-state index in [2.05, 4.69) is 57.5 Å². The molecule has 0 bridgehead atoms. The van der Waals surface area contributed by atoms with Crippen LogP contribution < -0.4 is 26.6 Å². The molecule has 0 radical (unpaired) electrons. The summed E-state index contributed by atoms with van der Waals surface area (Å²) in [5.41, 5.74) is 6.42. The van der Waals surface area contributed by atoms with Gasteiger partial charge < -0.3 is 36.6 Å². The van der Waals surface area contributed by atoms with E-state index in [-0.39, 0.29) is 48.8 Å². The van der Waals surface area contributed by atoms with Gasteiger partial charge in [-0.25, -0.2) is 22.7 Å². The Morgan fingerprint density at radius 2 is 1.76 bits per heavy atom. The molecule has 1 saturated carbocycles. The van der Waals surface area contributed by atoms with Crippen molar-refractivity contribution >= 4 is 72.5 Å². The van der Waals surface area contributed by atoms with E-state index >= 15 is 0 Å². The lowest BCUT2D eigenvalue weighted by Gasteiger charge is -2.38. The first-order valence-electron chi connectivity index (χ1n) is 23.0. The van der Waals surface area contributed by atoms with Crippen LogP contribution in [0.4, 0.5) is 17.5 Å². The number of hydrogen-bond donors (Lipinski definition) is 6. The number of carbonyl (C=O) groups is 3. The summed E-state index contributed by atoms with van der Waals surface area (Å²) < 4.78 is 30.6. The number of piperidine rings is 1. The highest BCUT2D eigenvalue weighted by Crippen LogP contribution is 2.34. The molecule has 5 heterocycles. The highest BCUT2D eigenvalue weighted by molar-refractivity contribution is 9.10. The largest absolute Gasteiger partial charge is 0.391 e. The molecule has 66 heavy (non-hydrogen) atoms. The number of anilines is 3. The van der Waals surface area contributed by atoms with Crippen LogP contribution in [0.1, 0.15) is 112 Å². The number of aryl methyl sites for hydroxylation is 1. The Labute approximate surface area is 399 Å². The molecular weight excluding hydrogens is 945 g/mol. The molecule has 2 aromatic carbocycles. The minimum absolute atomic E-state index is 0.0331. The van der Waals surface area contributed by atoms with Gasteiger partial charge in [0.1, 0.15) is 11.9 Å². The maximum Gasteiger partial charge on any atom is 0.254 e. The van der Waals surface area contributed by atoms with E-state index in [4.69, 9.17) is 0 Å². The number of hydrogen-bond acceptors (Lipinski definition) is 13. The number of rotatable bonds is 13. The third-order valence-corrected chi connectivity index (χ3v) is 17.4. The van der Waals surface area contributed by atoms with E-state index in [1.807, 2.05) is 82.6 Å². The first-order chi connectivity index (χ1) is 31.5. The van der Waals surface area contributed by atoms with Gasteiger partial charge in [-0.2, -0.15) is 4.98 Å². The zero-order valence-electron chi connectivity index (χ0n) is 38.1. The summed E-state index contributed by atoms with van der Waals surface area (Å²) in [4.78, 5) is 57.0. The number of nitrogens with one attached hydrogen (secondary N) is 5. The molecule has 4 aromatic rings. The van der Waals surface area contributed by atoms with Crippen LogP contribution in [-0.4, -0.2) is 111 Å². The number of benzene rings is 2. The molecule has 6 N–H and O–H groups in total. The summed E-state index contributed by atoms with van der Waals surface area (Å²) in [7, 11) is -3.59. The number of carbonyl (C=O) groups excluding carboxylic acids is 3. The fourth-order valence-electron chi connectivity index (χ4n) is 9.71. The average Bonchev–Trinajstić information content (AvgIpc) is 3.96. The monoisotopic (exact) mass is 1000 g/mol. The van der Waals surface area contributed by atoms with Gasteiger partial charge in [0.15, 0.2) is 0 Å². The molecule has 4 aliphatic rings. The summed E-state index contributed by atoms with van der Waals surface area (Å²) in [6.45, 7) is 11.2. The molecule has 2 saturated heterocycles. The van der Waals surface area contributed by atoms with Crippen LogP contribution in [0.15, 0.2) is 58.6 Å². The van der Waals surface area contributed by atoms with Crippen LogP contribution in [0.5, 0.6) is 0 Å². The Balaban J connectivity index is 0.842. The number of amides is 3. The molecule has 354 valence electrons. The van der Waals surface area contributed by atoms with Crippen molar-refractivity contribution in [2.45, 2.75) is 134 Å². The van der Waals surface area contributed by atoms with Crippen LogP contribution in [0.25, 0.3) is 10.4 Å². The number of sulfonamides is 1. The molecule has 2 aromatic heterocycles. The topological polar surface area (TPSA) is 211 Å². The van der Waals surface area contributed by atoms with E-state index in [9.17, 15) is 27.9 Å². The number of halogens is 1. The quantitative estimate of drug-likeness (QED) is 0.0804. The normalized spacial score (nSPS) is 22.8. The summed E-state index contributed by atoms with van der Waals surface area (Å²) in [6, 6.07) is 11.7. The van der Waals surface area contributed by atoms with Gasteiger partial charge in [0.05, 0.1) is 55.2 Å². The fraction of sp³-hybridized carbons (Fsp3) is 0.532. The molecule has 1 aliphatic carbocycles. The van der Waals surface area contributed by atoms with Gasteiger partial charge in [-0.15, -0.1) is 11.3 Å². The predicted molar refractivity (Wildman–Crippen MR) is 260 cm³/mol. The lowest BCUT2D eigenvalue weighted by Crippen LogP contribution is -2.58.